The number of hydrogen-bond donors (Lipinski definition) is 2. The summed E-state index contributed by atoms with van der Waals surface area (Å²) < 4.78 is 2.85. The highest BCUT2D eigenvalue weighted by Crippen LogP contribution is 2.17. The number of nitrogens with zero attached hydrogens (tertiary/aromatic N) is 6. The Morgan fingerprint density at radius 1 is 1.07 bits per heavy atom. The first kappa shape index (κ1) is 19.2. The van der Waals surface area contributed by atoms with Crippen LogP contribution in [0.1, 0.15) is 5.69 Å². The maximum absolute atomic E-state index is 12.5. The lowest BCUT2D eigenvalue weighted by atomic mass is 10.3. The summed E-state index contributed by atoms with van der Waals surface area (Å²) in [5.41, 5.74) is 1.46. The number of hydrogen-bond acceptors (Lipinski definition) is 7. The van der Waals surface area contributed by atoms with E-state index in [1.807, 2.05) is 13.0 Å². The Kier molecular flexibility index (Phi) is 5.32. The van der Waals surface area contributed by atoms with Crippen LogP contribution in [0.2, 0.25) is 10.0 Å². The molecule has 4 aromatic rings. The fourth-order valence-corrected chi connectivity index (χ4v) is 3.09. The van der Waals surface area contributed by atoms with Crippen LogP contribution in [0.4, 0.5) is 11.5 Å². The average molecular weight is 431 g/mol. The van der Waals surface area contributed by atoms with E-state index < -0.39 is 5.56 Å². The molecule has 0 radical (unpaired) electrons. The lowest BCUT2D eigenvalue weighted by Gasteiger charge is -2.12. The maximum atomic E-state index is 12.5. The Morgan fingerprint density at radius 3 is 2.62 bits per heavy atom. The number of rotatable bonds is 6. The molecule has 0 spiro atoms. The Morgan fingerprint density at radius 2 is 1.83 bits per heavy atom. The number of nitrogens with one attached hydrogen (secondary N) is 2. The number of fused-ring (bicyclic) bond motifs is 1. The van der Waals surface area contributed by atoms with Crippen LogP contribution >= 0.6 is 23.2 Å². The van der Waals surface area contributed by atoms with Gasteiger partial charge < -0.3 is 10.6 Å². The molecule has 29 heavy (non-hydrogen) atoms. The summed E-state index contributed by atoms with van der Waals surface area (Å²) in [5, 5.41) is 15.3. The van der Waals surface area contributed by atoms with Crippen molar-refractivity contribution < 1.29 is 0 Å². The predicted molar refractivity (Wildman–Crippen MR) is 112 cm³/mol. The van der Waals surface area contributed by atoms with E-state index in [0.717, 1.165) is 11.5 Å². The molecule has 0 unspecified atom stereocenters. The first-order valence-electron chi connectivity index (χ1n) is 8.72. The number of aryl methyl sites for hydroxylation is 1. The van der Waals surface area contributed by atoms with Crippen LogP contribution in [0, 0.1) is 6.92 Å². The lowest BCUT2D eigenvalue weighted by molar-refractivity contribution is 0.807. The standard InChI is InChI=1S/C18H16Cl2N8O/c1-11-8-15(28-18(26-11)23-10-25-28)22-7-6-21-14-9-24-27(17(29)16(14)20)13-4-2-12(19)3-5-13/h2-5,8-10,21-22H,6-7H2,1H3. The summed E-state index contributed by atoms with van der Waals surface area (Å²) in [6, 6.07) is 8.65. The average Bonchev–Trinajstić information content (AvgIpc) is 3.17. The van der Waals surface area contributed by atoms with Crippen molar-refractivity contribution in [3.05, 3.63) is 68.9 Å². The molecule has 0 atom stereocenters. The van der Waals surface area contributed by atoms with Gasteiger partial charge in [-0.2, -0.15) is 24.4 Å². The summed E-state index contributed by atoms with van der Waals surface area (Å²) in [7, 11) is 0. The van der Waals surface area contributed by atoms with Gasteiger partial charge in [-0.3, -0.25) is 4.79 Å². The van der Waals surface area contributed by atoms with Crippen LogP contribution in [0.3, 0.4) is 0 Å². The van der Waals surface area contributed by atoms with Crippen LogP contribution in [0.15, 0.2) is 47.7 Å². The van der Waals surface area contributed by atoms with Crippen molar-refractivity contribution >= 4 is 40.5 Å². The van der Waals surface area contributed by atoms with E-state index in [-0.39, 0.29) is 5.02 Å². The SMILES string of the molecule is Cc1cc(NCCNc2cnn(-c3ccc(Cl)cc3)c(=O)c2Cl)n2ncnc2n1. The number of anilines is 2. The van der Waals surface area contributed by atoms with Crippen LogP contribution < -0.4 is 16.2 Å². The highest BCUT2D eigenvalue weighted by atomic mass is 35.5. The zero-order chi connectivity index (χ0) is 20.4. The van der Waals surface area contributed by atoms with Gasteiger partial charge in [0.1, 0.15) is 17.2 Å². The largest absolute Gasteiger partial charge is 0.381 e. The first-order valence-corrected chi connectivity index (χ1v) is 9.47. The van der Waals surface area contributed by atoms with Gasteiger partial charge in [0.05, 0.1) is 17.6 Å². The zero-order valence-electron chi connectivity index (χ0n) is 15.3. The normalized spacial score (nSPS) is 11.0. The Labute approximate surface area is 175 Å². The molecule has 9 nitrogen and oxygen atoms in total. The third-order valence-corrected chi connectivity index (χ3v) is 4.73. The minimum atomic E-state index is -0.416. The predicted octanol–water partition coefficient (Wildman–Crippen LogP) is 2.81. The zero-order valence-corrected chi connectivity index (χ0v) is 16.8. The van der Waals surface area contributed by atoms with Crippen molar-refractivity contribution in [3.63, 3.8) is 0 Å². The van der Waals surface area contributed by atoms with Gasteiger partial charge in [-0.15, -0.1) is 0 Å². The Bertz CT molecular complexity index is 1220. The van der Waals surface area contributed by atoms with Gasteiger partial charge >= 0.3 is 0 Å². The third kappa shape index (κ3) is 4.01. The van der Waals surface area contributed by atoms with Gasteiger partial charge in [0.25, 0.3) is 11.3 Å². The van der Waals surface area contributed by atoms with Gasteiger partial charge in [-0.25, -0.2) is 4.98 Å². The first-order chi connectivity index (χ1) is 14.0. The van der Waals surface area contributed by atoms with Crippen molar-refractivity contribution in [2.75, 3.05) is 23.7 Å². The summed E-state index contributed by atoms with van der Waals surface area (Å²) in [4.78, 5) is 20.9. The second-order valence-corrected chi connectivity index (χ2v) is 6.99. The fraction of sp³-hybridized carbons (Fsp3) is 0.167. The molecule has 0 fully saturated rings. The highest BCUT2D eigenvalue weighted by molar-refractivity contribution is 6.33. The molecule has 4 rings (SSSR count). The Balaban J connectivity index is 1.43. The number of aromatic nitrogens is 6. The van der Waals surface area contributed by atoms with E-state index in [1.54, 1.807) is 28.8 Å². The van der Waals surface area contributed by atoms with E-state index in [2.05, 4.69) is 30.8 Å². The van der Waals surface area contributed by atoms with Crippen molar-refractivity contribution in [1.82, 2.24) is 29.4 Å². The monoisotopic (exact) mass is 430 g/mol. The molecular weight excluding hydrogens is 415 g/mol. The second-order valence-electron chi connectivity index (χ2n) is 6.17. The van der Waals surface area contributed by atoms with Crippen LogP contribution in [-0.4, -0.2) is 42.5 Å². The van der Waals surface area contributed by atoms with E-state index in [9.17, 15) is 4.79 Å². The smallest absolute Gasteiger partial charge is 0.292 e. The minimum absolute atomic E-state index is 0.0633. The highest BCUT2D eigenvalue weighted by Gasteiger charge is 2.11. The maximum Gasteiger partial charge on any atom is 0.292 e. The summed E-state index contributed by atoms with van der Waals surface area (Å²) in [5.74, 6) is 1.30. The summed E-state index contributed by atoms with van der Waals surface area (Å²) >= 11 is 12.1. The molecule has 0 bridgehead atoms. The second kappa shape index (κ2) is 8.06. The van der Waals surface area contributed by atoms with Crippen molar-refractivity contribution in [2.24, 2.45) is 0 Å². The number of halogens is 2. The molecule has 148 valence electrons. The Hall–Kier alpha value is -3.17. The van der Waals surface area contributed by atoms with Crippen molar-refractivity contribution in [2.45, 2.75) is 6.92 Å². The molecule has 3 heterocycles. The molecule has 11 heteroatoms. The van der Waals surface area contributed by atoms with Gasteiger partial charge in [0.15, 0.2) is 0 Å². The molecule has 0 saturated heterocycles. The molecule has 2 N–H and O–H groups in total. The number of benzene rings is 1. The van der Waals surface area contributed by atoms with Crippen LogP contribution in [0.25, 0.3) is 11.5 Å². The van der Waals surface area contributed by atoms with Gasteiger partial charge in [-0.05, 0) is 31.2 Å². The summed E-state index contributed by atoms with van der Waals surface area (Å²) in [6.45, 7) is 2.94. The van der Waals surface area contributed by atoms with Crippen molar-refractivity contribution in [1.29, 1.82) is 0 Å². The van der Waals surface area contributed by atoms with Gasteiger partial charge in [0.2, 0.25) is 0 Å². The molecule has 0 aliphatic carbocycles. The third-order valence-electron chi connectivity index (χ3n) is 4.12. The molecular formula is C18H16Cl2N8O. The van der Waals surface area contributed by atoms with E-state index >= 15 is 0 Å². The molecule has 0 saturated carbocycles. The van der Waals surface area contributed by atoms with Crippen LogP contribution in [0.5, 0.6) is 0 Å². The van der Waals surface area contributed by atoms with Crippen LogP contribution in [-0.2, 0) is 0 Å². The van der Waals surface area contributed by atoms with E-state index in [1.165, 1.54) is 17.2 Å². The summed E-state index contributed by atoms with van der Waals surface area (Å²) in [6.07, 6.45) is 2.97. The lowest BCUT2D eigenvalue weighted by Crippen LogP contribution is -2.24. The van der Waals surface area contributed by atoms with Crippen molar-refractivity contribution in [3.8, 4) is 5.69 Å². The minimum Gasteiger partial charge on any atom is -0.381 e. The van der Waals surface area contributed by atoms with E-state index in [4.69, 9.17) is 23.2 Å². The molecule has 3 aromatic heterocycles. The molecule has 0 aliphatic rings. The molecule has 1 aromatic carbocycles. The molecule has 0 aliphatic heterocycles. The van der Waals surface area contributed by atoms with Gasteiger partial charge in [-0.1, -0.05) is 23.2 Å². The molecule has 0 amide bonds. The van der Waals surface area contributed by atoms with E-state index in [0.29, 0.717) is 35.3 Å². The fourth-order valence-electron chi connectivity index (χ4n) is 2.77. The quantitative estimate of drug-likeness (QED) is 0.453. The topological polar surface area (TPSA) is 102 Å². The van der Waals surface area contributed by atoms with Gasteiger partial charge in [0, 0.05) is 29.9 Å².